The third-order valence-electron chi connectivity index (χ3n) is 4.90. The van der Waals surface area contributed by atoms with E-state index in [9.17, 15) is 4.79 Å². The summed E-state index contributed by atoms with van der Waals surface area (Å²) in [6.07, 6.45) is 11.0. The topological polar surface area (TPSA) is 50.7 Å². The van der Waals surface area contributed by atoms with Crippen molar-refractivity contribution in [3.63, 3.8) is 0 Å². The number of carbonyl (C=O) groups is 1. The van der Waals surface area contributed by atoms with E-state index in [1.54, 1.807) is 5.57 Å². The molecule has 2 rings (SSSR count). The lowest BCUT2D eigenvalue weighted by molar-refractivity contribution is -0.123. The van der Waals surface area contributed by atoms with Gasteiger partial charge in [-0.25, -0.2) is 5.43 Å². The average Bonchev–Trinajstić information content (AvgIpc) is 2.62. The van der Waals surface area contributed by atoms with Crippen molar-refractivity contribution in [1.29, 1.82) is 0 Å². The Morgan fingerprint density at radius 2 is 2.11 bits per heavy atom. The molecule has 0 saturated heterocycles. The van der Waals surface area contributed by atoms with Crippen LogP contribution in [0.3, 0.4) is 0 Å². The molecule has 0 radical (unpaired) electrons. The van der Waals surface area contributed by atoms with Crippen LogP contribution in [0.25, 0.3) is 0 Å². The van der Waals surface area contributed by atoms with Gasteiger partial charge in [0.1, 0.15) is 5.75 Å². The number of ether oxygens (including phenoxy) is 1. The van der Waals surface area contributed by atoms with Crippen LogP contribution in [0.1, 0.15) is 52.0 Å². The summed E-state index contributed by atoms with van der Waals surface area (Å²) in [6, 6.07) is 7.65. The first-order valence-corrected chi connectivity index (χ1v) is 9.79. The van der Waals surface area contributed by atoms with Gasteiger partial charge in [-0.05, 0) is 64.0 Å². The molecule has 0 aliphatic heterocycles. The lowest BCUT2D eigenvalue weighted by Gasteiger charge is -2.24. The molecule has 2 atom stereocenters. The summed E-state index contributed by atoms with van der Waals surface area (Å²) in [6.45, 7) is 8.43. The minimum absolute atomic E-state index is 0.0309. The zero-order valence-electron chi connectivity index (χ0n) is 17.0. The van der Waals surface area contributed by atoms with E-state index in [0.717, 1.165) is 37.0 Å². The Balaban J connectivity index is 1.74. The molecule has 1 amide bonds. The number of carbonyl (C=O) groups excluding carboxylic acids is 1. The highest BCUT2D eigenvalue weighted by molar-refractivity contribution is 5.78. The van der Waals surface area contributed by atoms with E-state index >= 15 is 0 Å². The summed E-state index contributed by atoms with van der Waals surface area (Å²) in [5.74, 6) is 1.30. The number of para-hydroxylation sites is 1. The van der Waals surface area contributed by atoms with Crippen molar-refractivity contribution in [3.8, 4) is 5.75 Å². The molecule has 4 nitrogen and oxygen atoms in total. The predicted octanol–water partition coefficient (Wildman–Crippen LogP) is 5.19. The van der Waals surface area contributed by atoms with Crippen molar-refractivity contribution in [1.82, 2.24) is 5.43 Å². The molecule has 0 unspecified atom stereocenters. The first kappa shape index (κ1) is 20.9. The van der Waals surface area contributed by atoms with Crippen LogP contribution in [0.5, 0.6) is 5.75 Å². The minimum atomic E-state index is -0.240. The molecule has 1 N–H and O–H groups in total. The van der Waals surface area contributed by atoms with Crippen LogP contribution >= 0.6 is 0 Å². The Morgan fingerprint density at radius 3 is 2.81 bits per heavy atom. The summed E-state index contributed by atoms with van der Waals surface area (Å²) >= 11 is 0. The number of nitrogens with one attached hydrogen (secondary N) is 1. The van der Waals surface area contributed by atoms with E-state index < -0.39 is 0 Å². The Labute approximate surface area is 163 Å². The fourth-order valence-corrected chi connectivity index (χ4v) is 3.26. The third kappa shape index (κ3) is 7.41. The number of aryl methyl sites for hydroxylation is 1. The Morgan fingerprint density at radius 1 is 1.33 bits per heavy atom. The van der Waals surface area contributed by atoms with Gasteiger partial charge in [-0.1, -0.05) is 48.4 Å². The molecule has 0 heterocycles. The van der Waals surface area contributed by atoms with Crippen molar-refractivity contribution in [3.05, 3.63) is 53.1 Å². The van der Waals surface area contributed by atoms with E-state index in [4.69, 9.17) is 4.74 Å². The van der Waals surface area contributed by atoms with Crippen molar-refractivity contribution in [2.45, 2.75) is 53.4 Å². The quantitative estimate of drug-likeness (QED) is 0.390. The SMILES string of the molecule is CC(C)=CCCC1=C[C@@H](C)[C@H](/C=N\NC(=O)COc2ccccc2C)CC1. The van der Waals surface area contributed by atoms with Gasteiger partial charge in [0.05, 0.1) is 0 Å². The second-order valence-electron chi connectivity index (χ2n) is 7.57. The van der Waals surface area contributed by atoms with Gasteiger partial charge in [0, 0.05) is 12.1 Å². The van der Waals surface area contributed by atoms with E-state index in [1.807, 2.05) is 37.4 Å². The molecule has 0 spiro atoms. The monoisotopic (exact) mass is 368 g/mol. The number of hydrazone groups is 1. The standard InChI is InChI=1S/C23H32N2O2/c1-17(2)8-7-10-20-12-13-21(19(4)14-20)15-24-25-23(26)16-27-22-11-6-5-9-18(22)3/h5-6,8-9,11,14-15,19,21H,7,10,12-13,16H2,1-4H3,(H,25,26)/b24-15-/t19-,21+/m1/s1. The molecule has 0 bridgehead atoms. The van der Waals surface area contributed by atoms with E-state index in [1.165, 1.54) is 5.57 Å². The molecule has 1 aliphatic rings. The number of hydrogen-bond acceptors (Lipinski definition) is 3. The zero-order chi connectivity index (χ0) is 19.6. The van der Waals surface area contributed by atoms with Crippen LogP contribution < -0.4 is 10.2 Å². The molecule has 0 saturated carbocycles. The highest BCUT2D eigenvalue weighted by Gasteiger charge is 2.19. The maximum atomic E-state index is 11.9. The van der Waals surface area contributed by atoms with Gasteiger partial charge in [0.2, 0.25) is 0 Å². The Kier molecular flexibility index (Phi) is 8.31. The number of allylic oxidation sites excluding steroid dienone is 4. The van der Waals surface area contributed by atoms with Crippen LogP contribution in [0.4, 0.5) is 0 Å². The van der Waals surface area contributed by atoms with Gasteiger partial charge >= 0.3 is 0 Å². The molecule has 27 heavy (non-hydrogen) atoms. The zero-order valence-corrected chi connectivity index (χ0v) is 17.0. The molecule has 4 heteroatoms. The smallest absolute Gasteiger partial charge is 0.277 e. The minimum Gasteiger partial charge on any atom is -0.483 e. The van der Waals surface area contributed by atoms with Gasteiger partial charge in [0.25, 0.3) is 5.91 Å². The van der Waals surface area contributed by atoms with Crippen molar-refractivity contribution < 1.29 is 9.53 Å². The molecule has 0 aromatic heterocycles. The van der Waals surface area contributed by atoms with Crippen molar-refractivity contribution in [2.75, 3.05) is 6.61 Å². The largest absolute Gasteiger partial charge is 0.483 e. The van der Waals surface area contributed by atoms with E-state index in [0.29, 0.717) is 11.8 Å². The first-order chi connectivity index (χ1) is 13.0. The van der Waals surface area contributed by atoms with Gasteiger partial charge in [-0.3, -0.25) is 4.79 Å². The average molecular weight is 369 g/mol. The fraction of sp³-hybridized carbons (Fsp3) is 0.478. The summed E-state index contributed by atoms with van der Waals surface area (Å²) in [7, 11) is 0. The van der Waals surface area contributed by atoms with Gasteiger partial charge in [0.15, 0.2) is 6.61 Å². The molecular formula is C23H32N2O2. The summed E-state index contributed by atoms with van der Waals surface area (Å²) in [4.78, 5) is 11.9. The second-order valence-corrected chi connectivity index (χ2v) is 7.57. The lowest BCUT2D eigenvalue weighted by atomic mass is 9.81. The second kappa shape index (κ2) is 10.7. The van der Waals surface area contributed by atoms with Crippen LogP contribution in [0, 0.1) is 18.8 Å². The van der Waals surface area contributed by atoms with Crippen LogP contribution in [-0.2, 0) is 4.79 Å². The van der Waals surface area contributed by atoms with Gasteiger partial charge < -0.3 is 4.74 Å². The van der Waals surface area contributed by atoms with Gasteiger partial charge in [-0.2, -0.15) is 5.10 Å². The fourth-order valence-electron chi connectivity index (χ4n) is 3.26. The third-order valence-corrected chi connectivity index (χ3v) is 4.90. The predicted molar refractivity (Wildman–Crippen MR) is 112 cm³/mol. The maximum Gasteiger partial charge on any atom is 0.277 e. The number of nitrogens with zero attached hydrogens (tertiary/aromatic N) is 1. The first-order valence-electron chi connectivity index (χ1n) is 9.79. The normalized spacial score (nSPS) is 19.5. The molecule has 1 aromatic rings. The highest BCUT2D eigenvalue weighted by Crippen LogP contribution is 2.29. The number of benzene rings is 1. The van der Waals surface area contributed by atoms with E-state index in [2.05, 4.69) is 43.5 Å². The molecular weight excluding hydrogens is 336 g/mol. The summed E-state index contributed by atoms with van der Waals surface area (Å²) in [5, 5.41) is 4.15. The lowest BCUT2D eigenvalue weighted by Crippen LogP contribution is -2.26. The molecule has 1 aliphatic carbocycles. The Hall–Kier alpha value is -2.36. The van der Waals surface area contributed by atoms with Crippen molar-refractivity contribution in [2.24, 2.45) is 16.9 Å². The van der Waals surface area contributed by atoms with Gasteiger partial charge in [-0.15, -0.1) is 0 Å². The highest BCUT2D eigenvalue weighted by atomic mass is 16.5. The molecule has 1 aromatic carbocycles. The van der Waals surface area contributed by atoms with Crippen molar-refractivity contribution >= 4 is 12.1 Å². The van der Waals surface area contributed by atoms with Crippen LogP contribution in [0.2, 0.25) is 0 Å². The summed E-state index contributed by atoms with van der Waals surface area (Å²) < 4.78 is 5.53. The maximum absolute atomic E-state index is 11.9. The molecule has 146 valence electrons. The van der Waals surface area contributed by atoms with Crippen LogP contribution in [-0.4, -0.2) is 18.7 Å². The number of amides is 1. The summed E-state index contributed by atoms with van der Waals surface area (Å²) in [5.41, 5.74) is 6.51. The number of hydrogen-bond donors (Lipinski definition) is 1. The Bertz CT molecular complexity index is 715. The molecule has 0 fully saturated rings. The van der Waals surface area contributed by atoms with Crippen LogP contribution in [0.15, 0.2) is 52.7 Å². The number of rotatable bonds is 8. The van der Waals surface area contributed by atoms with E-state index in [-0.39, 0.29) is 12.5 Å².